The zero-order valence-corrected chi connectivity index (χ0v) is 12.8. The number of amides is 1. The lowest BCUT2D eigenvalue weighted by atomic mass is 10.1. The van der Waals surface area contributed by atoms with E-state index in [0.29, 0.717) is 5.39 Å². The van der Waals surface area contributed by atoms with E-state index in [4.69, 9.17) is 4.74 Å². The number of rotatable bonds is 5. The Morgan fingerprint density at radius 3 is 2.74 bits per heavy atom. The number of ether oxygens (including phenoxy) is 1. The van der Waals surface area contributed by atoms with Gasteiger partial charge in [0.05, 0.1) is 0 Å². The summed E-state index contributed by atoms with van der Waals surface area (Å²) in [6.45, 7) is -0.635. The molecule has 0 fully saturated rings. The van der Waals surface area contributed by atoms with E-state index in [9.17, 15) is 18.0 Å². The molecule has 1 aromatic heterocycles. The minimum absolute atomic E-state index is 0.234. The molecule has 23 heavy (non-hydrogen) atoms. The molecule has 2 aromatic rings. The summed E-state index contributed by atoms with van der Waals surface area (Å²) in [4.78, 5) is 16.6. The van der Waals surface area contributed by atoms with Crippen molar-refractivity contribution in [3.63, 3.8) is 0 Å². The van der Waals surface area contributed by atoms with Gasteiger partial charge in [-0.05, 0) is 38.2 Å². The number of halogens is 3. The number of nitrogens with zero attached hydrogens (tertiary/aromatic N) is 1. The molecule has 0 aliphatic carbocycles. The van der Waals surface area contributed by atoms with Gasteiger partial charge in [0, 0.05) is 23.6 Å². The van der Waals surface area contributed by atoms with Crippen LogP contribution in [-0.2, 0) is 6.42 Å². The van der Waals surface area contributed by atoms with E-state index in [1.165, 1.54) is 0 Å². The standard InChI is InChI=1S/C15H18F3N3O2/c1-21(2)7-6-10-8-19-11-4-3-5-12(13(10)11)23-14(22)20-9-15(16,17)18/h3-5,8,19H,6-7,9H2,1-2H3,(H,20,22). The summed E-state index contributed by atoms with van der Waals surface area (Å²) in [6, 6.07) is 5.04. The highest BCUT2D eigenvalue weighted by Gasteiger charge is 2.28. The van der Waals surface area contributed by atoms with Crippen LogP contribution in [0.25, 0.3) is 10.9 Å². The minimum Gasteiger partial charge on any atom is -0.410 e. The van der Waals surface area contributed by atoms with E-state index in [-0.39, 0.29) is 5.75 Å². The fourth-order valence-electron chi connectivity index (χ4n) is 2.15. The van der Waals surface area contributed by atoms with Crippen molar-refractivity contribution >= 4 is 17.0 Å². The highest BCUT2D eigenvalue weighted by atomic mass is 19.4. The molecule has 2 N–H and O–H groups in total. The molecule has 5 nitrogen and oxygen atoms in total. The molecule has 1 amide bonds. The summed E-state index contributed by atoms with van der Waals surface area (Å²) < 4.78 is 41.4. The zero-order chi connectivity index (χ0) is 17.0. The Morgan fingerprint density at radius 2 is 2.09 bits per heavy atom. The molecule has 0 atom stereocenters. The van der Waals surface area contributed by atoms with Gasteiger partial charge in [-0.2, -0.15) is 13.2 Å². The molecule has 126 valence electrons. The van der Waals surface area contributed by atoms with Crippen LogP contribution >= 0.6 is 0 Å². The van der Waals surface area contributed by atoms with E-state index in [1.54, 1.807) is 17.4 Å². The Kier molecular flexibility index (Phi) is 5.15. The number of alkyl halides is 3. The van der Waals surface area contributed by atoms with E-state index in [0.717, 1.165) is 24.0 Å². The summed E-state index contributed by atoms with van der Waals surface area (Å²) in [5.74, 6) is 0.234. The lowest BCUT2D eigenvalue weighted by Crippen LogP contribution is -2.35. The summed E-state index contributed by atoms with van der Waals surface area (Å²) in [5, 5.41) is 2.40. The predicted molar refractivity (Wildman–Crippen MR) is 80.6 cm³/mol. The van der Waals surface area contributed by atoms with Crippen molar-refractivity contribution in [2.45, 2.75) is 12.6 Å². The minimum atomic E-state index is -4.48. The van der Waals surface area contributed by atoms with Gasteiger partial charge in [0.15, 0.2) is 0 Å². The van der Waals surface area contributed by atoms with Crippen LogP contribution in [0, 0.1) is 0 Å². The maximum Gasteiger partial charge on any atom is 0.412 e. The van der Waals surface area contributed by atoms with Crippen molar-refractivity contribution in [2.75, 3.05) is 27.2 Å². The number of fused-ring (bicyclic) bond motifs is 1. The summed E-state index contributed by atoms with van der Waals surface area (Å²) in [5.41, 5.74) is 1.70. The summed E-state index contributed by atoms with van der Waals surface area (Å²) in [6.07, 6.45) is -3.07. The molecule has 0 saturated heterocycles. The molecule has 0 saturated carbocycles. The van der Waals surface area contributed by atoms with E-state index < -0.39 is 18.8 Å². The first-order valence-electron chi connectivity index (χ1n) is 7.02. The normalized spacial score (nSPS) is 11.9. The third kappa shape index (κ3) is 4.88. The van der Waals surface area contributed by atoms with Gasteiger partial charge in [0.1, 0.15) is 12.3 Å². The monoisotopic (exact) mass is 329 g/mol. The second-order valence-corrected chi connectivity index (χ2v) is 5.40. The molecule has 1 heterocycles. The number of H-pyrrole nitrogens is 1. The molecule has 0 aliphatic heterocycles. The van der Waals surface area contributed by atoms with Crippen molar-refractivity contribution in [2.24, 2.45) is 0 Å². The van der Waals surface area contributed by atoms with Crippen molar-refractivity contribution in [1.82, 2.24) is 15.2 Å². The Labute approximate surface area is 131 Å². The molecule has 8 heteroatoms. The van der Waals surface area contributed by atoms with E-state index >= 15 is 0 Å². The highest BCUT2D eigenvalue weighted by molar-refractivity contribution is 5.91. The number of benzene rings is 1. The number of hydrogen-bond acceptors (Lipinski definition) is 3. The number of carbonyl (C=O) groups excluding carboxylic acids is 1. The van der Waals surface area contributed by atoms with Crippen LogP contribution in [0.4, 0.5) is 18.0 Å². The number of carbonyl (C=O) groups is 1. The molecule has 0 unspecified atom stereocenters. The van der Waals surface area contributed by atoms with Crippen LogP contribution in [0.2, 0.25) is 0 Å². The Bertz CT molecular complexity index is 680. The molecule has 1 aromatic carbocycles. The second-order valence-electron chi connectivity index (χ2n) is 5.40. The number of aromatic amines is 1. The third-order valence-corrected chi connectivity index (χ3v) is 3.21. The van der Waals surface area contributed by atoms with Crippen LogP contribution < -0.4 is 10.1 Å². The first-order chi connectivity index (χ1) is 10.8. The average Bonchev–Trinajstić information content (AvgIpc) is 2.86. The van der Waals surface area contributed by atoms with Crippen LogP contribution in [-0.4, -0.2) is 49.3 Å². The Balaban J connectivity index is 2.16. The average molecular weight is 329 g/mol. The topological polar surface area (TPSA) is 57.4 Å². The van der Waals surface area contributed by atoms with Gasteiger partial charge in [-0.1, -0.05) is 6.07 Å². The predicted octanol–water partition coefficient (Wildman–Crippen LogP) is 2.92. The fraction of sp³-hybridized carbons (Fsp3) is 0.400. The Morgan fingerprint density at radius 1 is 1.35 bits per heavy atom. The molecule has 0 radical (unpaired) electrons. The van der Waals surface area contributed by atoms with Crippen molar-refractivity contribution in [3.05, 3.63) is 30.0 Å². The maximum absolute atomic E-state index is 12.1. The second kappa shape index (κ2) is 6.91. The summed E-state index contributed by atoms with van der Waals surface area (Å²) in [7, 11) is 3.88. The van der Waals surface area contributed by atoms with E-state index in [1.807, 2.05) is 31.3 Å². The quantitative estimate of drug-likeness (QED) is 0.887. The van der Waals surface area contributed by atoms with Gasteiger partial charge in [0.25, 0.3) is 0 Å². The maximum atomic E-state index is 12.1. The third-order valence-electron chi connectivity index (χ3n) is 3.21. The van der Waals surface area contributed by atoms with Gasteiger partial charge in [-0.15, -0.1) is 0 Å². The summed E-state index contributed by atoms with van der Waals surface area (Å²) >= 11 is 0. The number of aromatic nitrogens is 1. The van der Waals surface area contributed by atoms with Crippen molar-refractivity contribution < 1.29 is 22.7 Å². The first kappa shape index (κ1) is 17.1. The lowest BCUT2D eigenvalue weighted by Gasteiger charge is -2.11. The molecule has 2 rings (SSSR count). The number of likely N-dealkylation sites (N-methyl/N-ethyl adjacent to an activating group) is 1. The van der Waals surface area contributed by atoms with Gasteiger partial charge in [-0.3, -0.25) is 0 Å². The zero-order valence-electron chi connectivity index (χ0n) is 12.8. The molecule has 0 aliphatic rings. The molecule has 0 bridgehead atoms. The number of hydrogen-bond donors (Lipinski definition) is 2. The number of nitrogens with one attached hydrogen (secondary N) is 2. The fourth-order valence-corrected chi connectivity index (χ4v) is 2.15. The van der Waals surface area contributed by atoms with Crippen molar-refractivity contribution in [3.8, 4) is 5.75 Å². The Hall–Kier alpha value is -2.22. The van der Waals surface area contributed by atoms with Crippen LogP contribution in [0.5, 0.6) is 5.75 Å². The highest BCUT2D eigenvalue weighted by Crippen LogP contribution is 2.29. The SMILES string of the molecule is CN(C)CCc1c[nH]c2cccc(OC(=O)NCC(F)(F)F)c12. The lowest BCUT2D eigenvalue weighted by molar-refractivity contribution is -0.123. The molecule has 0 spiro atoms. The van der Waals surface area contributed by atoms with Gasteiger partial charge >= 0.3 is 12.3 Å². The van der Waals surface area contributed by atoms with E-state index in [2.05, 4.69) is 4.98 Å². The first-order valence-corrected chi connectivity index (χ1v) is 7.02. The molecular weight excluding hydrogens is 311 g/mol. The van der Waals surface area contributed by atoms with Crippen molar-refractivity contribution in [1.29, 1.82) is 0 Å². The van der Waals surface area contributed by atoms with Crippen LogP contribution in [0.1, 0.15) is 5.56 Å². The van der Waals surface area contributed by atoms with Crippen LogP contribution in [0.15, 0.2) is 24.4 Å². The smallest absolute Gasteiger partial charge is 0.410 e. The van der Waals surface area contributed by atoms with Gasteiger partial charge in [0.2, 0.25) is 0 Å². The largest absolute Gasteiger partial charge is 0.412 e. The van der Waals surface area contributed by atoms with Crippen LogP contribution in [0.3, 0.4) is 0 Å². The molecular formula is C15H18F3N3O2. The van der Waals surface area contributed by atoms with Gasteiger partial charge < -0.3 is 19.9 Å². The van der Waals surface area contributed by atoms with Gasteiger partial charge in [-0.25, -0.2) is 4.79 Å².